The highest BCUT2D eigenvalue weighted by molar-refractivity contribution is 7.15. The van der Waals surface area contributed by atoms with Crippen molar-refractivity contribution >= 4 is 28.6 Å². The molecule has 0 bridgehead atoms. The van der Waals surface area contributed by atoms with Crippen molar-refractivity contribution in [1.82, 2.24) is 19.6 Å². The monoisotopic (exact) mass is 372 g/mol. The molecule has 0 atom stereocenters. The third kappa shape index (κ3) is 2.71. The van der Waals surface area contributed by atoms with Crippen LogP contribution < -0.4 is 10.3 Å². The van der Waals surface area contributed by atoms with Crippen LogP contribution in [-0.4, -0.2) is 26.7 Å². The van der Waals surface area contributed by atoms with Gasteiger partial charge in [0.05, 0.1) is 29.6 Å². The third-order valence-corrected chi connectivity index (χ3v) is 5.07. The molecule has 0 aliphatic rings. The number of rotatable bonds is 3. The van der Waals surface area contributed by atoms with E-state index >= 15 is 0 Å². The van der Waals surface area contributed by atoms with Crippen molar-refractivity contribution in [2.75, 3.05) is 7.11 Å². The number of methoxy groups -OCH3 is 1. The first-order valence-electron chi connectivity index (χ1n) is 7.44. The van der Waals surface area contributed by atoms with Crippen LogP contribution in [0.1, 0.15) is 4.88 Å². The number of benzene rings is 1. The van der Waals surface area contributed by atoms with E-state index < -0.39 is 0 Å². The normalized spacial score (nSPS) is 11.2. The molecule has 0 unspecified atom stereocenters. The zero-order valence-corrected chi connectivity index (χ0v) is 15.0. The van der Waals surface area contributed by atoms with Crippen molar-refractivity contribution in [2.24, 2.45) is 0 Å². The molecule has 8 heteroatoms. The predicted octanol–water partition coefficient (Wildman–Crippen LogP) is 3.78. The van der Waals surface area contributed by atoms with E-state index in [4.69, 9.17) is 16.3 Å². The summed E-state index contributed by atoms with van der Waals surface area (Å²) in [6.07, 6.45) is 3.45. The maximum Gasteiger partial charge on any atom is 0.274 e. The summed E-state index contributed by atoms with van der Waals surface area (Å²) >= 11 is 7.63. The first-order chi connectivity index (χ1) is 12.1. The number of ether oxygens (including phenoxy) is 1. The number of nitrogens with zero attached hydrogens (tertiary/aromatic N) is 3. The summed E-state index contributed by atoms with van der Waals surface area (Å²) in [6, 6.07) is 6.85. The summed E-state index contributed by atoms with van der Waals surface area (Å²) in [7, 11) is 1.55. The molecule has 4 aromatic rings. The molecule has 0 saturated carbocycles. The first kappa shape index (κ1) is 15.9. The molecule has 0 aliphatic heterocycles. The summed E-state index contributed by atoms with van der Waals surface area (Å²) in [6.45, 7) is 1.99. The number of fused-ring (bicyclic) bond motifs is 1. The van der Waals surface area contributed by atoms with Crippen molar-refractivity contribution in [2.45, 2.75) is 6.92 Å². The molecular formula is C17H13ClN4O2S. The van der Waals surface area contributed by atoms with E-state index in [9.17, 15) is 4.79 Å². The van der Waals surface area contributed by atoms with Crippen LogP contribution in [0.4, 0.5) is 0 Å². The Balaban J connectivity index is 1.93. The average molecular weight is 373 g/mol. The minimum absolute atomic E-state index is 0.225. The quantitative estimate of drug-likeness (QED) is 0.594. The summed E-state index contributed by atoms with van der Waals surface area (Å²) in [5.41, 5.74) is 2.62. The molecule has 25 heavy (non-hydrogen) atoms. The predicted molar refractivity (Wildman–Crippen MR) is 98.7 cm³/mol. The lowest BCUT2D eigenvalue weighted by Crippen LogP contribution is -2.14. The Morgan fingerprint density at radius 1 is 1.28 bits per heavy atom. The van der Waals surface area contributed by atoms with Crippen LogP contribution in [0.15, 0.2) is 41.5 Å². The Hall–Kier alpha value is -2.64. The molecule has 0 amide bonds. The highest BCUT2D eigenvalue weighted by atomic mass is 35.5. The van der Waals surface area contributed by atoms with Crippen LogP contribution >= 0.6 is 22.9 Å². The second-order valence-corrected chi connectivity index (χ2v) is 7.11. The molecule has 6 nitrogen and oxygen atoms in total. The number of aromatic amines is 1. The molecule has 0 saturated heterocycles. The van der Waals surface area contributed by atoms with Gasteiger partial charge >= 0.3 is 0 Å². The molecule has 0 radical (unpaired) electrons. The van der Waals surface area contributed by atoms with Crippen molar-refractivity contribution in [3.05, 3.63) is 56.9 Å². The molecule has 1 N–H and O–H groups in total. The number of halogens is 1. The Morgan fingerprint density at radius 2 is 2.12 bits per heavy atom. The van der Waals surface area contributed by atoms with E-state index in [1.165, 1.54) is 10.6 Å². The van der Waals surface area contributed by atoms with Crippen molar-refractivity contribution in [3.63, 3.8) is 0 Å². The van der Waals surface area contributed by atoms with Gasteiger partial charge in [0.1, 0.15) is 16.4 Å². The number of aromatic nitrogens is 4. The molecule has 3 heterocycles. The molecule has 0 aliphatic carbocycles. The van der Waals surface area contributed by atoms with Crippen LogP contribution in [0.5, 0.6) is 5.75 Å². The lowest BCUT2D eigenvalue weighted by molar-refractivity contribution is 0.415. The van der Waals surface area contributed by atoms with E-state index in [0.29, 0.717) is 22.1 Å². The topological polar surface area (TPSA) is 72.3 Å². The smallest absolute Gasteiger partial charge is 0.274 e. The van der Waals surface area contributed by atoms with Crippen LogP contribution in [0, 0.1) is 6.92 Å². The van der Waals surface area contributed by atoms with Crippen LogP contribution in [-0.2, 0) is 0 Å². The van der Waals surface area contributed by atoms with Crippen molar-refractivity contribution in [1.29, 1.82) is 0 Å². The Labute approximate surface area is 151 Å². The molecule has 0 spiro atoms. The van der Waals surface area contributed by atoms with Gasteiger partial charge in [0.2, 0.25) is 0 Å². The number of aryl methyl sites for hydroxylation is 1. The SMILES string of the molecule is COc1cc(-c2cc(=O)n3ncc(-c4ncc(C)s4)c3[nH]2)ccc1Cl. The van der Waals surface area contributed by atoms with Gasteiger partial charge < -0.3 is 9.72 Å². The third-order valence-electron chi connectivity index (χ3n) is 3.81. The van der Waals surface area contributed by atoms with Gasteiger partial charge in [-0.1, -0.05) is 17.7 Å². The van der Waals surface area contributed by atoms with Gasteiger partial charge in [0.25, 0.3) is 5.56 Å². The Bertz CT molecular complexity index is 1150. The standard InChI is InChI=1S/C17H13ClN4O2S/c1-9-7-19-17(25-9)11-8-20-22-15(23)6-13(21-16(11)22)10-3-4-12(18)14(5-10)24-2/h3-8,21H,1-2H3. The molecule has 4 rings (SSSR count). The van der Waals surface area contributed by atoms with Gasteiger partial charge in [0.15, 0.2) is 0 Å². The fourth-order valence-electron chi connectivity index (χ4n) is 2.60. The van der Waals surface area contributed by atoms with Gasteiger partial charge in [-0.05, 0) is 19.1 Å². The fourth-order valence-corrected chi connectivity index (χ4v) is 3.57. The second kappa shape index (κ2) is 6.02. The average Bonchev–Trinajstić information content (AvgIpc) is 3.21. The van der Waals surface area contributed by atoms with Gasteiger partial charge in [-0.3, -0.25) is 4.79 Å². The molecule has 126 valence electrons. The van der Waals surface area contributed by atoms with E-state index in [0.717, 1.165) is 21.0 Å². The number of nitrogens with one attached hydrogen (secondary N) is 1. The molecule has 3 aromatic heterocycles. The minimum Gasteiger partial charge on any atom is -0.495 e. The Kier molecular flexibility index (Phi) is 3.82. The molecular weight excluding hydrogens is 360 g/mol. The van der Waals surface area contributed by atoms with E-state index in [2.05, 4.69) is 15.1 Å². The lowest BCUT2D eigenvalue weighted by atomic mass is 10.1. The summed E-state index contributed by atoms with van der Waals surface area (Å²) in [5, 5.41) is 5.51. The Morgan fingerprint density at radius 3 is 2.84 bits per heavy atom. The van der Waals surface area contributed by atoms with Crippen LogP contribution in [0.25, 0.3) is 27.5 Å². The lowest BCUT2D eigenvalue weighted by Gasteiger charge is -2.07. The van der Waals surface area contributed by atoms with E-state index in [1.54, 1.807) is 43.0 Å². The summed E-state index contributed by atoms with van der Waals surface area (Å²) < 4.78 is 6.59. The molecule has 1 aromatic carbocycles. The second-order valence-electron chi connectivity index (χ2n) is 5.47. The van der Waals surface area contributed by atoms with E-state index in [-0.39, 0.29) is 5.56 Å². The van der Waals surface area contributed by atoms with Gasteiger partial charge in [-0.15, -0.1) is 11.3 Å². The maximum absolute atomic E-state index is 12.5. The first-order valence-corrected chi connectivity index (χ1v) is 8.64. The number of hydrogen-bond acceptors (Lipinski definition) is 5. The summed E-state index contributed by atoms with van der Waals surface area (Å²) in [4.78, 5) is 21.2. The minimum atomic E-state index is -0.225. The maximum atomic E-state index is 12.5. The highest BCUT2D eigenvalue weighted by Crippen LogP contribution is 2.31. The van der Waals surface area contributed by atoms with Crippen LogP contribution in [0.3, 0.4) is 0 Å². The van der Waals surface area contributed by atoms with Crippen molar-refractivity contribution in [3.8, 4) is 27.6 Å². The van der Waals surface area contributed by atoms with Gasteiger partial charge in [-0.2, -0.15) is 9.61 Å². The number of H-pyrrole nitrogens is 1. The number of hydrogen-bond donors (Lipinski definition) is 1. The summed E-state index contributed by atoms with van der Waals surface area (Å²) in [5.74, 6) is 0.546. The molecule has 0 fully saturated rings. The zero-order chi connectivity index (χ0) is 17.6. The van der Waals surface area contributed by atoms with Crippen molar-refractivity contribution < 1.29 is 4.74 Å². The van der Waals surface area contributed by atoms with E-state index in [1.807, 2.05) is 13.0 Å². The zero-order valence-electron chi connectivity index (χ0n) is 13.4. The largest absolute Gasteiger partial charge is 0.495 e. The van der Waals surface area contributed by atoms with Gasteiger partial charge in [0, 0.05) is 22.7 Å². The van der Waals surface area contributed by atoms with Gasteiger partial charge in [-0.25, -0.2) is 4.98 Å². The van der Waals surface area contributed by atoms with Crippen LogP contribution in [0.2, 0.25) is 5.02 Å². The fraction of sp³-hybridized carbons (Fsp3) is 0.118. The number of thiazole rings is 1. The highest BCUT2D eigenvalue weighted by Gasteiger charge is 2.14.